The average Bonchev–Trinajstić information content (AvgIpc) is 2.93. The van der Waals surface area contributed by atoms with E-state index in [1.165, 1.54) is 37.2 Å². The minimum absolute atomic E-state index is 0.601. The number of aromatic nitrogens is 2. The summed E-state index contributed by atoms with van der Waals surface area (Å²) in [5.74, 6) is 3.38. The van der Waals surface area contributed by atoms with E-state index in [9.17, 15) is 0 Å². The summed E-state index contributed by atoms with van der Waals surface area (Å²) in [6.45, 7) is 3.40. The fourth-order valence-corrected chi connectivity index (χ4v) is 2.60. The van der Waals surface area contributed by atoms with Crippen molar-refractivity contribution >= 4 is 5.82 Å². The summed E-state index contributed by atoms with van der Waals surface area (Å²) in [5.41, 5.74) is 7.29. The molecule has 1 aromatic heterocycles. The maximum absolute atomic E-state index is 5.99. The first-order valence-electron chi connectivity index (χ1n) is 5.63. The SMILES string of the molecule is CC1CCCn2c(C3CC3)nc(N)c21. The van der Waals surface area contributed by atoms with Gasteiger partial charge in [-0.05, 0) is 25.7 Å². The van der Waals surface area contributed by atoms with Crippen molar-refractivity contribution in [3.8, 4) is 0 Å². The number of imidazole rings is 1. The standard InChI is InChI=1S/C11H17N3/c1-7-3-2-6-14-9(7)10(12)13-11(14)8-4-5-8/h7-8H,2-6,12H2,1H3. The van der Waals surface area contributed by atoms with Crippen molar-refractivity contribution in [2.24, 2.45) is 0 Å². The summed E-state index contributed by atoms with van der Waals surface area (Å²) >= 11 is 0. The number of nitrogens with two attached hydrogens (primary N) is 1. The van der Waals surface area contributed by atoms with Crippen LogP contribution in [0.5, 0.6) is 0 Å². The van der Waals surface area contributed by atoms with Crippen LogP contribution in [0, 0.1) is 0 Å². The first-order chi connectivity index (χ1) is 6.77. The Morgan fingerprint density at radius 2 is 2.14 bits per heavy atom. The molecule has 1 unspecified atom stereocenters. The summed E-state index contributed by atoms with van der Waals surface area (Å²) in [4.78, 5) is 4.55. The van der Waals surface area contributed by atoms with Crippen molar-refractivity contribution in [3.63, 3.8) is 0 Å². The van der Waals surface area contributed by atoms with Crippen LogP contribution >= 0.6 is 0 Å². The number of nitrogen functional groups attached to an aromatic ring is 1. The Balaban J connectivity index is 2.11. The van der Waals surface area contributed by atoms with Crippen LogP contribution in [-0.4, -0.2) is 9.55 Å². The van der Waals surface area contributed by atoms with E-state index in [1.54, 1.807) is 0 Å². The molecule has 14 heavy (non-hydrogen) atoms. The highest BCUT2D eigenvalue weighted by molar-refractivity contribution is 5.41. The van der Waals surface area contributed by atoms with Gasteiger partial charge in [0.25, 0.3) is 0 Å². The predicted molar refractivity (Wildman–Crippen MR) is 56.3 cm³/mol. The molecular weight excluding hydrogens is 174 g/mol. The lowest BCUT2D eigenvalue weighted by molar-refractivity contribution is 0.464. The topological polar surface area (TPSA) is 43.8 Å². The molecule has 0 bridgehead atoms. The third kappa shape index (κ3) is 1.08. The first kappa shape index (κ1) is 8.33. The molecule has 1 fully saturated rings. The molecule has 0 amide bonds. The second kappa shape index (κ2) is 2.75. The molecule has 1 aliphatic carbocycles. The number of fused-ring (bicyclic) bond motifs is 1. The Morgan fingerprint density at radius 1 is 1.36 bits per heavy atom. The first-order valence-corrected chi connectivity index (χ1v) is 5.63. The Hall–Kier alpha value is -0.990. The zero-order valence-electron chi connectivity index (χ0n) is 8.66. The highest BCUT2D eigenvalue weighted by Crippen LogP contribution is 2.43. The molecular formula is C11H17N3. The third-order valence-corrected chi connectivity index (χ3v) is 3.49. The highest BCUT2D eigenvalue weighted by atomic mass is 15.1. The van der Waals surface area contributed by atoms with Crippen LogP contribution in [0.3, 0.4) is 0 Å². The van der Waals surface area contributed by atoms with E-state index in [1.807, 2.05) is 0 Å². The second-order valence-electron chi connectivity index (χ2n) is 4.71. The summed E-state index contributed by atoms with van der Waals surface area (Å²) < 4.78 is 2.39. The average molecular weight is 191 g/mol. The van der Waals surface area contributed by atoms with Crippen LogP contribution in [0.1, 0.15) is 56.0 Å². The van der Waals surface area contributed by atoms with E-state index in [0.29, 0.717) is 5.92 Å². The van der Waals surface area contributed by atoms with Crippen LogP contribution < -0.4 is 5.73 Å². The van der Waals surface area contributed by atoms with E-state index in [0.717, 1.165) is 18.3 Å². The van der Waals surface area contributed by atoms with Gasteiger partial charge < -0.3 is 10.3 Å². The van der Waals surface area contributed by atoms with E-state index < -0.39 is 0 Å². The number of anilines is 1. The molecule has 76 valence electrons. The van der Waals surface area contributed by atoms with Crippen LogP contribution in [0.15, 0.2) is 0 Å². The van der Waals surface area contributed by atoms with Crippen LogP contribution in [0.4, 0.5) is 5.82 Å². The van der Waals surface area contributed by atoms with Gasteiger partial charge in [-0.3, -0.25) is 0 Å². The molecule has 2 heterocycles. The number of hydrogen-bond donors (Lipinski definition) is 1. The number of nitrogens with zero attached hydrogens (tertiary/aromatic N) is 2. The maximum Gasteiger partial charge on any atom is 0.145 e. The van der Waals surface area contributed by atoms with Gasteiger partial charge >= 0.3 is 0 Å². The van der Waals surface area contributed by atoms with Crippen LogP contribution in [-0.2, 0) is 6.54 Å². The molecule has 0 spiro atoms. The Labute approximate surface area is 84.3 Å². The Morgan fingerprint density at radius 3 is 2.86 bits per heavy atom. The van der Waals surface area contributed by atoms with Crippen LogP contribution in [0.25, 0.3) is 0 Å². The molecule has 3 rings (SSSR count). The third-order valence-electron chi connectivity index (χ3n) is 3.49. The molecule has 1 atom stereocenters. The van der Waals surface area contributed by atoms with Gasteiger partial charge in [0.05, 0.1) is 5.69 Å². The van der Waals surface area contributed by atoms with Gasteiger partial charge in [0.2, 0.25) is 0 Å². The fraction of sp³-hybridized carbons (Fsp3) is 0.727. The van der Waals surface area contributed by atoms with E-state index in [4.69, 9.17) is 5.73 Å². The molecule has 1 aliphatic heterocycles. The largest absolute Gasteiger partial charge is 0.382 e. The summed E-state index contributed by atoms with van der Waals surface area (Å²) in [6.07, 6.45) is 5.16. The minimum atomic E-state index is 0.601. The molecule has 3 nitrogen and oxygen atoms in total. The van der Waals surface area contributed by atoms with E-state index in [2.05, 4.69) is 16.5 Å². The Bertz CT molecular complexity index is 363. The van der Waals surface area contributed by atoms with Crippen molar-refractivity contribution < 1.29 is 0 Å². The summed E-state index contributed by atoms with van der Waals surface area (Å²) in [5, 5.41) is 0. The van der Waals surface area contributed by atoms with Crippen molar-refractivity contribution in [3.05, 3.63) is 11.5 Å². The molecule has 0 saturated heterocycles. The normalized spacial score (nSPS) is 26.2. The maximum atomic E-state index is 5.99. The number of rotatable bonds is 1. The van der Waals surface area contributed by atoms with Crippen molar-refractivity contribution in [1.29, 1.82) is 0 Å². The minimum Gasteiger partial charge on any atom is -0.382 e. The van der Waals surface area contributed by atoms with Gasteiger partial charge in [0.1, 0.15) is 11.6 Å². The molecule has 0 aromatic carbocycles. The molecule has 2 aliphatic rings. The van der Waals surface area contributed by atoms with Crippen LogP contribution in [0.2, 0.25) is 0 Å². The molecule has 0 radical (unpaired) electrons. The molecule has 1 saturated carbocycles. The van der Waals surface area contributed by atoms with Gasteiger partial charge in [-0.25, -0.2) is 4.98 Å². The van der Waals surface area contributed by atoms with Gasteiger partial charge in [-0.2, -0.15) is 0 Å². The van der Waals surface area contributed by atoms with E-state index in [-0.39, 0.29) is 0 Å². The van der Waals surface area contributed by atoms with Crippen molar-refractivity contribution in [2.75, 3.05) is 5.73 Å². The van der Waals surface area contributed by atoms with Gasteiger partial charge in [0, 0.05) is 18.4 Å². The van der Waals surface area contributed by atoms with E-state index >= 15 is 0 Å². The lowest BCUT2D eigenvalue weighted by Crippen LogP contribution is -2.15. The molecule has 1 aromatic rings. The van der Waals surface area contributed by atoms with Gasteiger partial charge in [-0.15, -0.1) is 0 Å². The Kier molecular flexibility index (Phi) is 1.64. The lowest BCUT2D eigenvalue weighted by Gasteiger charge is -2.22. The summed E-state index contributed by atoms with van der Waals surface area (Å²) in [6, 6.07) is 0. The quantitative estimate of drug-likeness (QED) is 0.739. The molecule has 3 heteroatoms. The van der Waals surface area contributed by atoms with Crippen molar-refractivity contribution in [1.82, 2.24) is 9.55 Å². The van der Waals surface area contributed by atoms with Gasteiger partial charge in [-0.1, -0.05) is 6.92 Å². The second-order valence-corrected chi connectivity index (χ2v) is 4.71. The monoisotopic (exact) mass is 191 g/mol. The number of hydrogen-bond acceptors (Lipinski definition) is 2. The van der Waals surface area contributed by atoms with Crippen molar-refractivity contribution in [2.45, 2.75) is 51.0 Å². The summed E-state index contributed by atoms with van der Waals surface area (Å²) in [7, 11) is 0. The zero-order valence-corrected chi connectivity index (χ0v) is 8.66. The smallest absolute Gasteiger partial charge is 0.145 e. The fourth-order valence-electron chi connectivity index (χ4n) is 2.60. The molecule has 2 N–H and O–H groups in total. The zero-order chi connectivity index (χ0) is 9.71. The lowest BCUT2D eigenvalue weighted by atomic mass is 9.98. The highest BCUT2D eigenvalue weighted by Gasteiger charge is 2.32. The predicted octanol–water partition coefficient (Wildman–Crippen LogP) is 2.24. The van der Waals surface area contributed by atoms with Gasteiger partial charge in [0.15, 0.2) is 0 Å².